The van der Waals surface area contributed by atoms with E-state index in [1.807, 2.05) is 52.9 Å². The number of benzene rings is 2. The van der Waals surface area contributed by atoms with Gasteiger partial charge in [0.15, 0.2) is 0 Å². The molecule has 2 fully saturated rings. The van der Waals surface area contributed by atoms with Gasteiger partial charge in [-0.3, -0.25) is 9.59 Å². The standard InChI is InChI=1S/C31H36N4O5S/c1-3-35-29-9-8-24(41(38,39)34-14-16-40-17-15-34)19-26(29)27(31(35)37)18-23-20-33(28-7-5-4-6-25(23)28)21-30(36)32-12-10-22(2)11-13-32/h4-9,18-20,22H,3,10-17,21H2,1-2H3/b27-18-. The van der Waals surface area contributed by atoms with Crippen LogP contribution in [0.1, 0.15) is 37.8 Å². The lowest BCUT2D eigenvalue weighted by molar-refractivity contribution is -0.133. The van der Waals surface area contributed by atoms with E-state index >= 15 is 0 Å². The van der Waals surface area contributed by atoms with Crippen molar-refractivity contribution < 1.29 is 22.7 Å². The van der Waals surface area contributed by atoms with Crippen LogP contribution in [0.3, 0.4) is 0 Å². The van der Waals surface area contributed by atoms with Crippen LogP contribution < -0.4 is 4.90 Å². The molecule has 2 amide bonds. The molecule has 6 rings (SSSR count). The maximum absolute atomic E-state index is 13.6. The Morgan fingerprint density at radius 1 is 1.05 bits per heavy atom. The van der Waals surface area contributed by atoms with Gasteiger partial charge in [0, 0.05) is 66.5 Å². The van der Waals surface area contributed by atoms with E-state index < -0.39 is 10.0 Å². The predicted octanol–water partition coefficient (Wildman–Crippen LogP) is 3.83. The van der Waals surface area contributed by atoms with Crippen molar-refractivity contribution in [1.29, 1.82) is 0 Å². The summed E-state index contributed by atoms with van der Waals surface area (Å²) in [6.07, 6.45) is 5.81. The van der Waals surface area contributed by atoms with Crippen LogP contribution in [0.5, 0.6) is 0 Å². The zero-order valence-electron chi connectivity index (χ0n) is 23.6. The van der Waals surface area contributed by atoms with Crippen LogP contribution in [0.25, 0.3) is 22.6 Å². The first-order valence-corrected chi connectivity index (χ1v) is 15.8. The van der Waals surface area contributed by atoms with Gasteiger partial charge in [0.05, 0.1) is 23.8 Å². The number of carbonyl (C=O) groups is 2. The number of anilines is 1. The van der Waals surface area contributed by atoms with Crippen molar-refractivity contribution in [3.63, 3.8) is 0 Å². The predicted molar refractivity (Wildman–Crippen MR) is 159 cm³/mol. The lowest BCUT2D eigenvalue weighted by Gasteiger charge is -2.30. The molecule has 10 heteroatoms. The second-order valence-electron chi connectivity index (χ2n) is 11.1. The number of sulfonamides is 1. The molecule has 0 saturated carbocycles. The number of hydrogen-bond donors (Lipinski definition) is 0. The summed E-state index contributed by atoms with van der Waals surface area (Å²) in [6.45, 7) is 7.71. The molecule has 0 unspecified atom stereocenters. The van der Waals surface area contributed by atoms with Crippen molar-refractivity contribution in [2.75, 3.05) is 50.8 Å². The molecule has 2 saturated heterocycles. The Hall–Kier alpha value is -3.47. The van der Waals surface area contributed by atoms with Gasteiger partial charge in [0.25, 0.3) is 5.91 Å². The highest BCUT2D eigenvalue weighted by Crippen LogP contribution is 2.40. The van der Waals surface area contributed by atoms with E-state index in [0.29, 0.717) is 55.6 Å². The molecule has 3 aliphatic heterocycles. The second kappa shape index (κ2) is 11.1. The number of amides is 2. The minimum Gasteiger partial charge on any atom is -0.379 e. The van der Waals surface area contributed by atoms with Gasteiger partial charge in [0.1, 0.15) is 6.54 Å². The Morgan fingerprint density at radius 2 is 1.78 bits per heavy atom. The van der Waals surface area contributed by atoms with Crippen LogP contribution in [0.4, 0.5) is 5.69 Å². The third-order valence-corrected chi connectivity index (χ3v) is 10.4. The molecule has 0 radical (unpaired) electrons. The topological polar surface area (TPSA) is 92.2 Å². The average Bonchev–Trinajstić information content (AvgIpc) is 3.47. The molecular formula is C31H36N4O5S. The van der Waals surface area contributed by atoms with Crippen LogP contribution in [-0.4, -0.2) is 79.9 Å². The summed E-state index contributed by atoms with van der Waals surface area (Å²) in [4.78, 5) is 30.6. The van der Waals surface area contributed by atoms with Crippen LogP contribution in [0, 0.1) is 5.92 Å². The number of para-hydroxylation sites is 1. The molecule has 9 nitrogen and oxygen atoms in total. The van der Waals surface area contributed by atoms with Crippen LogP contribution in [0.15, 0.2) is 53.6 Å². The number of piperidine rings is 1. The number of likely N-dealkylation sites (tertiary alicyclic amines) is 1. The Kier molecular flexibility index (Phi) is 7.48. The number of rotatable bonds is 6. The number of fused-ring (bicyclic) bond motifs is 2. The monoisotopic (exact) mass is 576 g/mol. The van der Waals surface area contributed by atoms with E-state index in [1.165, 1.54) is 4.31 Å². The highest BCUT2D eigenvalue weighted by molar-refractivity contribution is 7.89. The first-order valence-electron chi connectivity index (χ1n) is 14.4. The Morgan fingerprint density at radius 3 is 2.51 bits per heavy atom. The first kappa shape index (κ1) is 27.7. The van der Waals surface area contributed by atoms with Crippen molar-refractivity contribution in [1.82, 2.24) is 13.8 Å². The summed E-state index contributed by atoms with van der Waals surface area (Å²) in [5, 5.41) is 0.932. The third kappa shape index (κ3) is 5.09. The molecule has 216 valence electrons. The molecule has 1 aromatic heterocycles. The summed E-state index contributed by atoms with van der Waals surface area (Å²) in [6, 6.07) is 12.8. The number of ether oxygens (including phenoxy) is 1. The fourth-order valence-corrected chi connectivity index (χ4v) is 7.50. The summed E-state index contributed by atoms with van der Waals surface area (Å²) in [5.41, 5.74) is 3.47. The Bertz CT molecular complexity index is 1630. The Balaban J connectivity index is 1.38. The smallest absolute Gasteiger partial charge is 0.258 e. The molecule has 3 aliphatic rings. The quantitative estimate of drug-likeness (QED) is 0.416. The largest absolute Gasteiger partial charge is 0.379 e. The summed E-state index contributed by atoms with van der Waals surface area (Å²) < 4.78 is 35.6. The number of morpholine rings is 1. The van der Waals surface area contributed by atoms with E-state index in [4.69, 9.17) is 4.74 Å². The first-order chi connectivity index (χ1) is 19.8. The number of nitrogens with zero attached hydrogens (tertiary/aromatic N) is 4. The lowest BCUT2D eigenvalue weighted by atomic mass is 9.99. The highest BCUT2D eigenvalue weighted by atomic mass is 32.2. The number of likely N-dealkylation sites (N-methyl/N-ethyl adjacent to an activating group) is 1. The molecule has 0 N–H and O–H groups in total. The lowest BCUT2D eigenvalue weighted by Crippen LogP contribution is -2.40. The normalized spacial score (nSPS) is 19.9. The number of hydrogen-bond acceptors (Lipinski definition) is 5. The average molecular weight is 577 g/mol. The molecule has 41 heavy (non-hydrogen) atoms. The fourth-order valence-electron chi connectivity index (χ4n) is 6.07. The molecule has 0 bridgehead atoms. The van der Waals surface area contributed by atoms with Gasteiger partial charge < -0.3 is 19.1 Å². The van der Waals surface area contributed by atoms with Gasteiger partial charge in [0.2, 0.25) is 15.9 Å². The van der Waals surface area contributed by atoms with Crippen molar-refractivity contribution >= 4 is 50.1 Å². The summed E-state index contributed by atoms with van der Waals surface area (Å²) >= 11 is 0. The van der Waals surface area contributed by atoms with Crippen LogP contribution in [-0.2, 0) is 30.9 Å². The molecule has 4 heterocycles. The van der Waals surface area contributed by atoms with E-state index in [9.17, 15) is 18.0 Å². The van der Waals surface area contributed by atoms with Crippen LogP contribution >= 0.6 is 0 Å². The minimum atomic E-state index is -3.73. The molecule has 3 aromatic rings. The molecule has 0 atom stereocenters. The van der Waals surface area contributed by atoms with Gasteiger partial charge in [-0.25, -0.2) is 8.42 Å². The van der Waals surface area contributed by atoms with Gasteiger partial charge in [-0.1, -0.05) is 25.1 Å². The van der Waals surface area contributed by atoms with Gasteiger partial charge in [-0.05, 0) is 56.0 Å². The van der Waals surface area contributed by atoms with E-state index in [2.05, 4.69) is 6.92 Å². The highest BCUT2D eigenvalue weighted by Gasteiger charge is 2.34. The SMILES string of the molecule is CCN1C(=O)/C(=C\c2cn(CC(=O)N3CCC(C)CC3)c3ccccc23)c2cc(S(=O)(=O)N3CCOCC3)ccc21. The molecule has 2 aromatic carbocycles. The van der Waals surface area contributed by atoms with Crippen LogP contribution in [0.2, 0.25) is 0 Å². The number of aromatic nitrogens is 1. The van der Waals surface area contributed by atoms with Crippen molar-refractivity contribution in [2.24, 2.45) is 5.92 Å². The molecule has 0 aliphatic carbocycles. The van der Waals surface area contributed by atoms with Gasteiger partial charge >= 0.3 is 0 Å². The zero-order valence-corrected chi connectivity index (χ0v) is 24.4. The van der Waals surface area contributed by atoms with E-state index in [0.717, 1.165) is 42.4 Å². The van der Waals surface area contributed by atoms with Crippen molar-refractivity contribution in [3.8, 4) is 0 Å². The van der Waals surface area contributed by atoms with Crippen molar-refractivity contribution in [2.45, 2.75) is 38.1 Å². The number of carbonyl (C=O) groups excluding carboxylic acids is 2. The fraction of sp³-hybridized carbons (Fsp3) is 0.419. The molecular weight excluding hydrogens is 540 g/mol. The minimum absolute atomic E-state index is 0.0919. The summed E-state index contributed by atoms with van der Waals surface area (Å²) in [5.74, 6) is 0.566. The molecule has 0 spiro atoms. The summed E-state index contributed by atoms with van der Waals surface area (Å²) in [7, 11) is -3.73. The maximum atomic E-state index is 13.6. The third-order valence-electron chi connectivity index (χ3n) is 8.51. The second-order valence-corrected chi connectivity index (χ2v) is 13.0. The zero-order chi connectivity index (χ0) is 28.7. The maximum Gasteiger partial charge on any atom is 0.258 e. The van der Waals surface area contributed by atoms with Crippen molar-refractivity contribution in [3.05, 3.63) is 59.8 Å². The Labute approximate surface area is 241 Å². The van der Waals surface area contributed by atoms with Gasteiger partial charge in [-0.2, -0.15) is 4.31 Å². The van der Waals surface area contributed by atoms with E-state index in [1.54, 1.807) is 23.1 Å². The van der Waals surface area contributed by atoms with E-state index in [-0.39, 0.29) is 23.3 Å². The van der Waals surface area contributed by atoms with Gasteiger partial charge in [-0.15, -0.1) is 0 Å².